The molecule has 1 aliphatic heterocycles. The molecule has 0 aliphatic carbocycles. The van der Waals surface area contributed by atoms with Crippen LogP contribution in [-0.2, 0) is 6.54 Å². The minimum Gasteiger partial charge on any atom is -0.480 e. The maximum Gasteiger partial charge on any atom is 0.274 e. The van der Waals surface area contributed by atoms with Crippen LogP contribution in [0, 0.1) is 0 Å². The van der Waals surface area contributed by atoms with Crippen LogP contribution in [0.5, 0.6) is 5.88 Å². The van der Waals surface area contributed by atoms with Crippen LogP contribution in [0.4, 0.5) is 4.39 Å². The normalized spacial score (nSPS) is 20.6. The van der Waals surface area contributed by atoms with Crippen molar-refractivity contribution in [2.45, 2.75) is 25.2 Å². The SMILES string of the molecule is COc1ccc(C(=O)N(C)C[C@@H]2C[C@H](F)CN2Cc2cccs2)nn1. The molecule has 2 aromatic heterocycles. The van der Waals surface area contributed by atoms with Crippen LogP contribution >= 0.6 is 11.3 Å². The van der Waals surface area contributed by atoms with Crippen molar-refractivity contribution in [3.63, 3.8) is 0 Å². The average molecular weight is 364 g/mol. The lowest BCUT2D eigenvalue weighted by Gasteiger charge is -2.27. The zero-order valence-corrected chi connectivity index (χ0v) is 15.1. The average Bonchev–Trinajstić information content (AvgIpc) is 3.24. The van der Waals surface area contributed by atoms with Crippen LogP contribution in [-0.4, -0.2) is 65.4 Å². The molecule has 1 fully saturated rings. The van der Waals surface area contributed by atoms with Crippen molar-refractivity contribution in [1.29, 1.82) is 0 Å². The van der Waals surface area contributed by atoms with E-state index >= 15 is 0 Å². The number of hydrogen-bond donors (Lipinski definition) is 0. The molecule has 1 aliphatic rings. The number of halogens is 1. The Morgan fingerprint density at radius 1 is 1.44 bits per heavy atom. The lowest BCUT2D eigenvalue weighted by Crippen LogP contribution is -2.41. The van der Waals surface area contributed by atoms with Crippen LogP contribution in [0.15, 0.2) is 29.6 Å². The molecule has 2 aromatic rings. The molecule has 2 atom stereocenters. The number of nitrogens with zero attached hydrogens (tertiary/aromatic N) is 4. The van der Waals surface area contributed by atoms with E-state index in [0.717, 1.165) is 0 Å². The van der Waals surface area contributed by atoms with Crippen molar-refractivity contribution in [2.75, 3.05) is 27.2 Å². The standard InChI is InChI=1S/C17H21FN4O2S/c1-21(17(23)15-5-6-16(24-2)20-19-15)10-13-8-12(18)9-22(13)11-14-4-3-7-25-14/h3-7,12-13H,8-11H2,1-2H3/t12-,13-/m0/s1. The number of likely N-dealkylation sites (N-methyl/N-ethyl adjacent to an activating group) is 1. The molecule has 8 heteroatoms. The van der Waals surface area contributed by atoms with Crippen LogP contribution in [0.3, 0.4) is 0 Å². The van der Waals surface area contributed by atoms with Crippen LogP contribution in [0.1, 0.15) is 21.8 Å². The summed E-state index contributed by atoms with van der Waals surface area (Å²) in [6.07, 6.45) is -0.411. The Bertz CT molecular complexity index is 695. The van der Waals surface area contributed by atoms with E-state index in [9.17, 15) is 9.18 Å². The lowest BCUT2D eigenvalue weighted by atomic mass is 10.2. The number of aromatic nitrogens is 2. The number of likely N-dealkylation sites (tertiary alicyclic amines) is 1. The van der Waals surface area contributed by atoms with Gasteiger partial charge in [0.15, 0.2) is 5.69 Å². The summed E-state index contributed by atoms with van der Waals surface area (Å²) in [4.78, 5) is 17.4. The monoisotopic (exact) mass is 364 g/mol. The number of carbonyl (C=O) groups is 1. The van der Waals surface area contributed by atoms with E-state index in [1.54, 1.807) is 35.4 Å². The molecule has 0 aromatic carbocycles. The number of rotatable bonds is 6. The summed E-state index contributed by atoms with van der Waals surface area (Å²) in [6.45, 7) is 1.58. The van der Waals surface area contributed by atoms with Gasteiger partial charge in [0, 0.05) is 43.7 Å². The number of methoxy groups -OCH3 is 1. The van der Waals surface area contributed by atoms with Gasteiger partial charge in [-0.2, -0.15) is 0 Å². The molecular weight excluding hydrogens is 343 g/mol. The minimum atomic E-state index is -0.853. The van der Waals surface area contributed by atoms with E-state index in [4.69, 9.17) is 4.74 Å². The molecule has 0 spiro atoms. The molecule has 0 saturated carbocycles. The third-order valence-electron chi connectivity index (χ3n) is 4.32. The Morgan fingerprint density at radius 3 is 2.92 bits per heavy atom. The summed E-state index contributed by atoms with van der Waals surface area (Å²) in [5, 5.41) is 9.73. The Kier molecular flexibility index (Phi) is 5.60. The van der Waals surface area contributed by atoms with Gasteiger partial charge < -0.3 is 9.64 Å². The van der Waals surface area contributed by atoms with Gasteiger partial charge in [-0.3, -0.25) is 9.69 Å². The van der Waals surface area contributed by atoms with E-state index < -0.39 is 6.17 Å². The van der Waals surface area contributed by atoms with Crippen molar-refractivity contribution in [3.05, 3.63) is 40.2 Å². The lowest BCUT2D eigenvalue weighted by molar-refractivity contribution is 0.0743. The summed E-state index contributed by atoms with van der Waals surface area (Å²) >= 11 is 1.66. The number of ether oxygens (including phenoxy) is 1. The van der Waals surface area contributed by atoms with Crippen LogP contribution < -0.4 is 4.74 Å². The van der Waals surface area contributed by atoms with Crippen molar-refractivity contribution in [1.82, 2.24) is 20.0 Å². The smallest absolute Gasteiger partial charge is 0.274 e. The summed E-state index contributed by atoms with van der Waals surface area (Å²) < 4.78 is 18.9. The molecule has 6 nitrogen and oxygen atoms in total. The maximum absolute atomic E-state index is 13.9. The van der Waals surface area contributed by atoms with Gasteiger partial charge in [-0.1, -0.05) is 6.07 Å². The van der Waals surface area contributed by atoms with Crippen molar-refractivity contribution < 1.29 is 13.9 Å². The summed E-state index contributed by atoms with van der Waals surface area (Å²) in [5.74, 6) is 0.130. The number of carbonyl (C=O) groups excluding carboxylic acids is 1. The maximum atomic E-state index is 13.9. The molecule has 1 amide bonds. The van der Waals surface area contributed by atoms with E-state index in [2.05, 4.69) is 21.2 Å². The molecular formula is C17H21FN4O2S. The molecule has 0 unspecified atom stereocenters. The highest BCUT2D eigenvalue weighted by molar-refractivity contribution is 7.09. The molecule has 3 rings (SSSR count). The highest BCUT2D eigenvalue weighted by atomic mass is 32.1. The third kappa shape index (κ3) is 4.32. The molecule has 0 N–H and O–H groups in total. The molecule has 1 saturated heterocycles. The fraction of sp³-hybridized carbons (Fsp3) is 0.471. The van der Waals surface area contributed by atoms with E-state index in [1.807, 2.05) is 11.4 Å². The van der Waals surface area contributed by atoms with Gasteiger partial charge >= 0.3 is 0 Å². The van der Waals surface area contributed by atoms with E-state index in [-0.39, 0.29) is 17.6 Å². The zero-order valence-electron chi connectivity index (χ0n) is 14.3. The Hall–Kier alpha value is -2.06. The first-order chi connectivity index (χ1) is 12.1. The fourth-order valence-corrected chi connectivity index (χ4v) is 3.78. The topological polar surface area (TPSA) is 58.6 Å². The number of alkyl halides is 1. The summed E-state index contributed by atoms with van der Waals surface area (Å²) in [6, 6.07) is 7.23. The highest BCUT2D eigenvalue weighted by Gasteiger charge is 2.33. The first kappa shape index (κ1) is 17.8. The fourth-order valence-electron chi connectivity index (χ4n) is 3.05. The van der Waals surface area contributed by atoms with E-state index in [0.29, 0.717) is 31.9 Å². The molecule has 25 heavy (non-hydrogen) atoms. The Balaban J connectivity index is 1.63. The quantitative estimate of drug-likeness (QED) is 0.787. The summed E-state index contributed by atoms with van der Waals surface area (Å²) in [5.41, 5.74) is 0.253. The second-order valence-electron chi connectivity index (χ2n) is 6.14. The number of hydrogen-bond acceptors (Lipinski definition) is 6. The molecule has 134 valence electrons. The number of amides is 1. The van der Waals surface area contributed by atoms with Gasteiger partial charge in [-0.25, -0.2) is 4.39 Å². The molecule has 3 heterocycles. The second kappa shape index (κ2) is 7.88. The van der Waals surface area contributed by atoms with Crippen molar-refractivity contribution in [2.24, 2.45) is 0 Å². The van der Waals surface area contributed by atoms with Crippen molar-refractivity contribution >= 4 is 17.2 Å². The van der Waals surface area contributed by atoms with Crippen LogP contribution in [0.2, 0.25) is 0 Å². The number of thiophene rings is 1. The molecule has 0 bridgehead atoms. The van der Waals surface area contributed by atoms with Crippen molar-refractivity contribution in [3.8, 4) is 5.88 Å². The first-order valence-corrected chi connectivity index (χ1v) is 8.98. The second-order valence-corrected chi connectivity index (χ2v) is 7.17. The van der Waals surface area contributed by atoms with Gasteiger partial charge in [0.25, 0.3) is 5.91 Å². The van der Waals surface area contributed by atoms with Gasteiger partial charge in [-0.15, -0.1) is 21.5 Å². The third-order valence-corrected chi connectivity index (χ3v) is 5.18. The van der Waals surface area contributed by atoms with Crippen LogP contribution in [0.25, 0.3) is 0 Å². The van der Waals surface area contributed by atoms with Gasteiger partial charge in [0.2, 0.25) is 5.88 Å². The zero-order chi connectivity index (χ0) is 17.8. The molecule has 0 radical (unpaired) electrons. The Labute approximate surface area is 150 Å². The first-order valence-electron chi connectivity index (χ1n) is 8.10. The predicted molar refractivity (Wildman–Crippen MR) is 93.6 cm³/mol. The van der Waals surface area contributed by atoms with E-state index in [1.165, 1.54) is 12.0 Å². The van der Waals surface area contributed by atoms with Gasteiger partial charge in [0.05, 0.1) is 7.11 Å². The summed E-state index contributed by atoms with van der Waals surface area (Å²) in [7, 11) is 3.20. The van der Waals surface area contributed by atoms with Gasteiger partial charge in [-0.05, 0) is 23.9 Å². The minimum absolute atomic E-state index is 0.00254. The highest BCUT2D eigenvalue weighted by Crippen LogP contribution is 2.25. The Morgan fingerprint density at radius 2 is 2.28 bits per heavy atom. The van der Waals surface area contributed by atoms with Gasteiger partial charge in [0.1, 0.15) is 6.17 Å². The predicted octanol–water partition coefficient (Wildman–Crippen LogP) is 2.23. The largest absolute Gasteiger partial charge is 0.480 e.